The van der Waals surface area contributed by atoms with Gasteiger partial charge >= 0.3 is 0 Å². The summed E-state index contributed by atoms with van der Waals surface area (Å²) in [5.41, 5.74) is 1.98. The summed E-state index contributed by atoms with van der Waals surface area (Å²) in [6.45, 7) is 0.607. The second-order valence-electron chi connectivity index (χ2n) is 4.02. The Morgan fingerprint density at radius 2 is 2.11 bits per heavy atom. The Hall–Kier alpha value is -1.56. The van der Waals surface area contributed by atoms with Gasteiger partial charge in [0.05, 0.1) is 26.5 Å². The first-order valence-electron chi connectivity index (χ1n) is 5.92. The van der Waals surface area contributed by atoms with Crippen molar-refractivity contribution in [2.45, 2.75) is 13.0 Å². The van der Waals surface area contributed by atoms with E-state index in [4.69, 9.17) is 9.47 Å². The molecule has 0 unspecified atom stereocenters. The summed E-state index contributed by atoms with van der Waals surface area (Å²) in [5.74, 6) is 1.62. The second-order valence-corrected chi connectivity index (χ2v) is 4.82. The van der Waals surface area contributed by atoms with Gasteiger partial charge in [0.2, 0.25) is 0 Å². The van der Waals surface area contributed by atoms with Crippen molar-refractivity contribution in [2.75, 3.05) is 19.5 Å². The molecule has 0 amide bonds. The molecule has 5 nitrogen and oxygen atoms in total. The number of nitrogens with zero attached hydrogens (tertiary/aromatic N) is 3. The monoisotopic (exact) mass is 325 g/mol. The number of benzene rings is 1. The fraction of sp³-hybridized carbons (Fsp3) is 0.385. The number of aryl methyl sites for hydroxylation is 1. The molecule has 0 saturated heterocycles. The van der Waals surface area contributed by atoms with Gasteiger partial charge in [-0.05, 0) is 18.2 Å². The first kappa shape index (κ1) is 13.9. The molecule has 102 valence electrons. The van der Waals surface area contributed by atoms with Gasteiger partial charge in [-0.3, -0.25) is 0 Å². The lowest BCUT2D eigenvalue weighted by molar-refractivity contribution is 0.396. The smallest absolute Gasteiger partial charge is 0.124 e. The van der Waals surface area contributed by atoms with Crippen LogP contribution < -0.4 is 9.47 Å². The highest BCUT2D eigenvalue weighted by atomic mass is 79.9. The number of alkyl halides is 1. The van der Waals surface area contributed by atoms with E-state index in [9.17, 15) is 0 Å². The summed E-state index contributed by atoms with van der Waals surface area (Å²) in [6, 6.07) is 5.72. The molecule has 6 heteroatoms. The molecular weight excluding hydrogens is 310 g/mol. The Bertz CT molecular complexity index is 542. The zero-order valence-electron chi connectivity index (χ0n) is 11.0. The van der Waals surface area contributed by atoms with Crippen LogP contribution in [0.25, 0.3) is 0 Å². The van der Waals surface area contributed by atoms with Crippen molar-refractivity contribution in [3.63, 3.8) is 0 Å². The van der Waals surface area contributed by atoms with Gasteiger partial charge in [-0.15, -0.1) is 5.10 Å². The van der Waals surface area contributed by atoms with Crippen LogP contribution in [0.1, 0.15) is 11.3 Å². The summed E-state index contributed by atoms with van der Waals surface area (Å²) in [7, 11) is 3.30. The largest absolute Gasteiger partial charge is 0.497 e. The van der Waals surface area contributed by atoms with E-state index < -0.39 is 0 Å². The van der Waals surface area contributed by atoms with E-state index in [1.165, 1.54) is 0 Å². The summed E-state index contributed by atoms with van der Waals surface area (Å²) in [4.78, 5) is 0. The minimum Gasteiger partial charge on any atom is -0.497 e. The Morgan fingerprint density at radius 1 is 1.26 bits per heavy atom. The maximum Gasteiger partial charge on any atom is 0.124 e. The standard InChI is InChI=1S/C13H16BrN3O2/c1-18-12-3-4-13(19-2)10(7-12)8-17-9-11(5-6-14)15-16-17/h3-4,7,9H,5-6,8H2,1-2H3. The van der Waals surface area contributed by atoms with Crippen molar-refractivity contribution in [1.29, 1.82) is 0 Å². The van der Waals surface area contributed by atoms with Gasteiger partial charge in [0.15, 0.2) is 0 Å². The van der Waals surface area contributed by atoms with Crippen LogP contribution in [0.3, 0.4) is 0 Å². The highest BCUT2D eigenvalue weighted by Crippen LogP contribution is 2.24. The van der Waals surface area contributed by atoms with Crippen molar-refractivity contribution in [2.24, 2.45) is 0 Å². The molecule has 0 aliphatic heterocycles. The molecular formula is C13H16BrN3O2. The molecule has 0 aliphatic rings. The van der Waals surface area contributed by atoms with E-state index in [0.717, 1.165) is 34.5 Å². The molecule has 1 heterocycles. The van der Waals surface area contributed by atoms with E-state index >= 15 is 0 Å². The Labute approximate surface area is 120 Å². The van der Waals surface area contributed by atoms with E-state index in [0.29, 0.717) is 6.54 Å². The van der Waals surface area contributed by atoms with Crippen LogP contribution in [0.4, 0.5) is 0 Å². The molecule has 0 saturated carbocycles. The average Bonchev–Trinajstić information content (AvgIpc) is 2.86. The fourth-order valence-corrected chi connectivity index (χ4v) is 2.21. The zero-order valence-corrected chi connectivity index (χ0v) is 12.6. The number of aromatic nitrogens is 3. The second kappa shape index (κ2) is 6.56. The Kier molecular flexibility index (Phi) is 4.79. The van der Waals surface area contributed by atoms with Gasteiger partial charge in [-0.1, -0.05) is 21.1 Å². The topological polar surface area (TPSA) is 49.2 Å². The summed E-state index contributed by atoms with van der Waals surface area (Å²) >= 11 is 3.39. The van der Waals surface area contributed by atoms with Crippen LogP contribution in [0, 0.1) is 0 Å². The van der Waals surface area contributed by atoms with Crippen molar-refractivity contribution in [3.05, 3.63) is 35.7 Å². The van der Waals surface area contributed by atoms with Gasteiger partial charge in [0.1, 0.15) is 11.5 Å². The number of rotatable bonds is 6. The van der Waals surface area contributed by atoms with Crippen LogP contribution in [-0.2, 0) is 13.0 Å². The van der Waals surface area contributed by atoms with Gasteiger partial charge in [0.25, 0.3) is 0 Å². The molecule has 0 aliphatic carbocycles. The Morgan fingerprint density at radius 3 is 2.79 bits per heavy atom. The predicted molar refractivity (Wildman–Crippen MR) is 76.2 cm³/mol. The Balaban J connectivity index is 2.20. The van der Waals surface area contributed by atoms with Crippen LogP contribution in [0.5, 0.6) is 11.5 Å². The van der Waals surface area contributed by atoms with Gasteiger partial charge < -0.3 is 9.47 Å². The summed E-state index contributed by atoms with van der Waals surface area (Å²) < 4.78 is 12.4. The maximum atomic E-state index is 5.35. The van der Waals surface area contributed by atoms with Crippen LogP contribution >= 0.6 is 15.9 Å². The molecule has 0 N–H and O–H groups in total. The van der Waals surface area contributed by atoms with Crippen molar-refractivity contribution < 1.29 is 9.47 Å². The minimum atomic E-state index is 0.607. The van der Waals surface area contributed by atoms with Crippen molar-refractivity contribution >= 4 is 15.9 Å². The molecule has 0 spiro atoms. The molecule has 1 aromatic heterocycles. The van der Waals surface area contributed by atoms with Crippen molar-refractivity contribution in [3.8, 4) is 11.5 Å². The third kappa shape index (κ3) is 3.47. The minimum absolute atomic E-state index is 0.607. The average molecular weight is 326 g/mol. The zero-order chi connectivity index (χ0) is 13.7. The van der Waals surface area contributed by atoms with E-state index in [1.807, 2.05) is 24.4 Å². The lowest BCUT2D eigenvalue weighted by atomic mass is 10.2. The summed E-state index contributed by atoms with van der Waals surface area (Å²) in [6.07, 6.45) is 2.81. The SMILES string of the molecule is COc1ccc(OC)c(Cn2cc(CCBr)nn2)c1. The van der Waals surface area contributed by atoms with Gasteiger partial charge in [-0.25, -0.2) is 4.68 Å². The molecule has 0 fully saturated rings. The molecule has 19 heavy (non-hydrogen) atoms. The first-order chi connectivity index (χ1) is 9.26. The molecule has 0 atom stereocenters. The molecule has 0 bridgehead atoms. The number of ether oxygens (including phenoxy) is 2. The molecule has 2 aromatic rings. The summed E-state index contributed by atoms with van der Waals surface area (Å²) in [5, 5.41) is 9.10. The molecule has 2 rings (SSSR count). The first-order valence-corrected chi connectivity index (χ1v) is 7.05. The molecule has 0 radical (unpaired) electrons. The molecule has 1 aromatic carbocycles. The van der Waals surface area contributed by atoms with E-state index in [1.54, 1.807) is 18.9 Å². The highest BCUT2D eigenvalue weighted by molar-refractivity contribution is 9.09. The normalized spacial score (nSPS) is 10.5. The van der Waals surface area contributed by atoms with E-state index in [2.05, 4.69) is 26.2 Å². The maximum absolute atomic E-state index is 5.35. The van der Waals surface area contributed by atoms with Gasteiger partial charge in [0, 0.05) is 23.5 Å². The number of hydrogen-bond donors (Lipinski definition) is 0. The third-order valence-corrected chi connectivity index (χ3v) is 3.15. The van der Waals surface area contributed by atoms with Crippen molar-refractivity contribution in [1.82, 2.24) is 15.0 Å². The quantitative estimate of drug-likeness (QED) is 0.764. The van der Waals surface area contributed by atoms with Crippen LogP contribution in [0.15, 0.2) is 24.4 Å². The highest BCUT2D eigenvalue weighted by Gasteiger charge is 2.07. The van der Waals surface area contributed by atoms with Crippen LogP contribution in [0.2, 0.25) is 0 Å². The lowest BCUT2D eigenvalue weighted by Crippen LogP contribution is -2.03. The lowest BCUT2D eigenvalue weighted by Gasteiger charge is -2.10. The predicted octanol–water partition coefficient (Wildman–Crippen LogP) is 2.28. The number of hydrogen-bond acceptors (Lipinski definition) is 4. The number of methoxy groups -OCH3 is 2. The van der Waals surface area contributed by atoms with Crippen LogP contribution in [-0.4, -0.2) is 34.5 Å². The fourth-order valence-electron chi connectivity index (χ4n) is 1.81. The third-order valence-electron chi connectivity index (χ3n) is 2.76. The number of halogens is 1. The van der Waals surface area contributed by atoms with Gasteiger partial charge in [-0.2, -0.15) is 0 Å². The van der Waals surface area contributed by atoms with E-state index in [-0.39, 0.29) is 0 Å².